The number of nitrogens with two attached hydrogens (primary N) is 1. The molecule has 1 aliphatic rings. The van der Waals surface area contributed by atoms with Crippen LogP contribution in [0.2, 0.25) is 0 Å². The minimum atomic E-state index is 0.218. The van der Waals surface area contributed by atoms with E-state index in [0.29, 0.717) is 11.3 Å². The molecule has 0 saturated carbocycles. The molecule has 0 atom stereocenters. The molecule has 3 nitrogen and oxygen atoms in total. The van der Waals surface area contributed by atoms with Crippen molar-refractivity contribution >= 4 is 22.7 Å². The Hall–Kier alpha value is -2.16. The van der Waals surface area contributed by atoms with Gasteiger partial charge in [0, 0.05) is 16.8 Å². The van der Waals surface area contributed by atoms with Crippen LogP contribution in [0.15, 0.2) is 42.5 Å². The summed E-state index contributed by atoms with van der Waals surface area (Å²) in [6.45, 7) is 0. The Balaban J connectivity index is 2.53. The predicted molar refractivity (Wildman–Crippen MR) is 63.4 cm³/mol. The summed E-state index contributed by atoms with van der Waals surface area (Å²) >= 11 is 0. The van der Waals surface area contributed by atoms with Crippen LogP contribution >= 0.6 is 0 Å². The van der Waals surface area contributed by atoms with Crippen molar-refractivity contribution in [3.05, 3.63) is 48.1 Å². The summed E-state index contributed by atoms with van der Waals surface area (Å²) in [7, 11) is 0. The highest BCUT2D eigenvalue weighted by Crippen LogP contribution is 2.24. The molecule has 0 radical (unpaired) electrons. The number of para-hydroxylation sites is 1. The van der Waals surface area contributed by atoms with Crippen LogP contribution in [0, 0.1) is 10.8 Å². The zero-order chi connectivity index (χ0) is 10.8. The fraction of sp³-hybridized carbons (Fsp3) is 0. The van der Waals surface area contributed by atoms with Gasteiger partial charge in [-0.2, -0.15) is 0 Å². The van der Waals surface area contributed by atoms with Gasteiger partial charge in [0.2, 0.25) is 0 Å². The molecule has 1 aliphatic carbocycles. The van der Waals surface area contributed by atoms with Crippen molar-refractivity contribution in [2.45, 2.75) is 0 Å². The maximum Gasteiger partial charge on any atom is 0.0868 e. The number of rotatable bonds is 1. The normalized spacial score (nSPS) is 15.3. The first kappa shape index (κ1) is 9.40. The molecule has 1 aromatic rings. The average Bonchev–Trinajstić information content (AvgIpc) is 2.23. The van der Waals surface area contributed by atoms with E-state index in [1.165, 1.54) is 0 Å². The van der Waals surface area contributed by atoms with Crippen LogP contribution in [-0.4, -0.2) is 11.4 Å². The molecular formula is C12H11N3. The van der Waals surface area contributed by atoms with Crippen LogP contribution in [0.5, 0.6) is 0 Å². The van der Waals surface area contributed by atoms with Gasteiger partial charge in [0.15, 0.2) is 0 Å². The van der Waals surface area contributed by atoms with E-state index in [2.05, 4.69) is 0 Å². The predicted octanol–water partition coefficient (Wildman–Crippen LogP) is 2.26. The summed E-state index contributed by atoms with van der Waals surface area (Å²) in [6.07, 6.45) is 5.18. The Morgan fingerprint density at radius 3 is 2.53 bits per heavy atom. The largest absolute Gasteiger partial charge is 0.398 e. The molecule has 2 rings (SSSR count). The van der Waals surface area contributed by atoms with Crippen molar-refractivity contribution in [2.75, 3.05) is 5.73 Å². The van der Waals surface area contributed by atoms with Crippen molar-refractivity contribution in [3.63, 3.8) is 0 Å². The molecular weight excluding hydrogens is 186 g/mol. The highest BCUT2D eigenvalue weighted by Gasteiger charge is 2.15. The Morgan fingerprint density at radius 1 is 1.07 bits per heavy atom. The maximum absolute atomic E-state index is 7.79. The van der Waals surface area contributed by atoms with Crippen molar-refractivity contribution in [1.82, 2.24) is 0 Å². The van der Waals surface area contributed by atoms with E-state index in [9.17, 15) is 0 Å². The highest BCUT2D eigenvalue weighted by molar-refractivity contribution is 6.60. The Morgan fingerprint density at radius 2 is 1.80 bits per heavy atom. The number of allylic oxidation sites excluding steroid dienone is 4. The van der Waals surface area contributed by atoms with Crippen LogP contribution in [0.4, 0.5) is 5.69 Å². The molecule has 0 aliphatic heterocycles. The summed E-state index contributed by atoms with van der Waals surface area (Å²) in [4.78, 5) is 0. The Labute approximate surface area is 87.9 Å². The molecule has 0 amide bonds. The second kappa shape index (κ2) is 3.53. The Kier molecular flexibility index (Phi) is 2.21. The molecule has 0 unspecified atom stereocenters. The lowest BCUT2D eigenvalue weighted by Gasteiger charge is -2.13. The molecule has 0 spiro atoms. The first-order chi connectivity index (χ1) is 7.20. The number of nitrogen functional groups attached to an aromatic ring is 1. The van der Waals surface area contributed by atoms with Gasteiger partial charge in [-0.3, -0.25) is 10.8 Å². The van der Waals surface area contributed by atoms with E-state index >= 15 is 0 Å². The molecule has 3 heteroatoms. The quantitative estimate of drug-likeness (QED) is 0.469. The lowest BCUT2D eigenvalue weighted by Crippen LogP contribution is -2.14. The van der Waals surface area contributed by atoms with Crippen LogP contribution < -0.4 is 5.73 Å². The summed E-state index contributed by atoms with van der Waals surface area (Å²) < 4.78 is 0. The first-order valence-corrected chi connectivity index (χ1v) is 4.61. The van der Waals surface area contributed by atoms with E-state index in [1.807, 2.05) is 24.3 Å². The van der Waals surface area contributed by atoms with E-state index in [-0.39, 0.29) is 11.4 Å². The van der Waals surface area contributed by atoms with Crippen LogP contribution in [-0.2, 0) is 0 Å². The van der Waals surface area contributed by atoms with E-state index < -0.39 is 0 Å². The van der Waals surface area contributed by atoms with Crippen molar-refractivity contribution < 1.29 is 0 Å². The van der Waals surface area contributed by atoms with Gasteiger partial charge in [-0.15, -0.1) is 0 Å². The van der Waals surface area contributed by atoms with Gasteiger partial charge in [-0.1, -0.05) is 30.4 Å². The minimum Gasteiger partial charge on any atom is -0.398 e. The molecule has 0 heterocycles. The standard InChI is InChI=1S/C12H11N3/c13-10-6-2-1-4-8(10)9-5-3-7-11(14)12(9)15/h1-7,14-15H,13H2. The van der Waals surface area contributed by atoms with Gasteiger partial charge in [-0.05, 0) is 12.1 Å². The molecule has 15 heavy (non-hydrogen) atoms. The average molecular weight is 197 g/mol. The lowest BCUT2D eigenvalue weighted by molar-refractivity contribution is 1.48. The molecule has 74 valence electrons. The van der Waals surface area contributed by atoms with Gasteiger partial charge in [-0.25, -0.2) is 0 Å². The molecule has 0 aromatic heterocycles. The second-order valence-electron chi connectivity index (χ2n) is 3.32. The number of benzene rings is 1. The van der Waals surface area contributed by atoms with Gasteiger partial charge in [0.1, 0.15) is 0 Å². The molecule has 0 saturated heterocycles. The van der Waals surface area contributed by atoms with Crippen LogP contribution in [0.25, 0.3) is 5.57 Å². The third-order valence-corrected chi connectivity index (χ3v) is 2.32. The molecule has 4 N–H and O–H groups in total. The van der Waals surface area contributed by atoms with Crippen LogP contribution in [0.3, 0.4) is 0 Å². The van der Waals surface area contributed by atoms with Gasteiger partial charge >= 0.3 is 0 Å². The number of nitrogens with one attached hydrogen (secondary N) is 2. The third kappa shape index (κ3) is 1.59. The van der Waals surface area contributed by atoms with Crippen molar-refractivity contribution in [2.24, 2.45) is 0 Å². The van der Waals surface area contributed by atoms with Crippen molar-refractivity contribution in [1.29, 1.82) is 10.8 Å². The van der Waals surface area contributed by atoms with Gasteiger partial charge in [0.25, 0.3) is 0 Å². The summed E-state index contributed by atoms with van der Waals surface area (Å²) in [5.74, 6) is 0. The highest BCUT2D eigenvalue weighted by atomic mass is 14.6. The van der Waals surface area contributed by atoms with Gasteiger partial charge < -0.3 is 5.73 Å². The van der Waals surface area contributed by atoms with Crippen molar-refractivity contribution in [3.8, 4) is 0 Å². The SMILES string of the molecule is N=C1C=CC=C(c2ccccc2N)C1=N. The van der Waals surface area contributed by atoms with E-state index in [0.717, 1.165) is 5.56 Å². The van der Waals surface area contributed by atoms with E-state index in [4.69, 9.17) is 16.6 Å². The molecule has 0 fully saturated rings. The lowest BCUT2D eigenvalue weighted by atomic mass is 9.93. The summed E-state index contributed by atoms with van der Waals surface area (Å²) in [5, 5.41) is 15.3. The third-order valence-electron chi connectivity index (χ3n) is 2.32. The fourth-order valence-electron chi connectivity index (χ4n) is 1.52. The summed E-state index contributed by atoms with van der Waals surface area (Å²) in [6, 6.07) is 7.39. The number of anilines is 1. The second-order valence-corrected chi connectivity index (χ2v) is 3.32. The fourth-order valence-corrected chi connectivity index (χ4v) is 1.52. The molecule has 1 aromatic carbocycles. The topological polar surface area (TPSA) is 73.7 Å². The monoisotopic (exact) mass is 197 g/mol. The van der Waals surface area contributed by atoms with E-state index in [1.54, 1.807) is 18.2 Å². The smallest absolute Gasteiger partial charge is 0.0868 e. The first-order valence-electron chi connectivity index (χ1n) is 4.61. The number of hydrogen-bond donors (Lipinski definition) is 3. The molecule has 0 bridgehead atoms. The zero-order valence-corrected chi connectivity index (χ0v) is 8.12. The van der Waals surface area contributed by atoms with Gasteiger partial charge in [0.05, 0.1) is 11.4 Å². The minimum absolute atomic E-state index is 0.218. The Bertz CT molecular complexity index is 495. The van der Waals surface area contributed by atoms with Crippen LogP contribution in [0.1, 0.15) is 5.56 Å². The number of hydrogen-bond acceptors (Lipinski definition) is 3. The maximum atomic E-state index is 7.79. The zero-order valence-electron chi connectivity index (χ0n) is 8.12. The summed E-state index contributed by atoms with van der Waals surface area (Å²) in [5.41, 5.74) is 8.42.